The van der Waals surface area contributed by atoms with Gasteiger partial charge in [0, 0.05) is 18.2 Å². The highest BCUT2D eigenvalue weighted by molar-refractivity contribution is 7.92. The van der Waals surface area contributed by atoms with Crippen molar-refractivity contribution in [1.29, 1.82) is 0 Å². The van der Waals surface area contributed by atoms with Gasteiger partial charge < -0.3 is 0 Å². The van der Waals surface area contributed by atoms with E-state index < -0.39 is 30.8 Å². The van der Waals surface area contributed by atoms with Gasteiger partial charge in [-0.25, -0.2) is 21.6 Å². The zero-order valence-electron chi connectivity index (χ0n) is 10.2. The summed E-state index contributed by atoms with van der Waals surface area (Å²) in [5, 5.41) is 10.6. The molecule has 1 aliphatic rings. The van der Waals surface area contributed by atoms with E-state index in [9.17, 15) is 26.9 Å². The molecule has 1 saturated heterocycles. The number of nitro groups is 1. The molecule has 1 fully saturated rings. The lowest BCUT2D eigenvalue weighted by Crippen LogP contribution is -2.35. The van der Waals surface area contributed by atoms with E-state index in [-0.39, 0.29) is 28.5 Å². The van der Waals surface area contributed by atoms with Crippen molar-refractivity contribution >= 4 is 25.5 Å². The van der Waals surface area contributed by atoms with Crippen molar-refractivity contribution < 1.29 is 21.8 Å². The molecule has 0 saturated carbocycles. The van der Waals surface area contributed by atoms with E-state index in [1.165, 1.54) is 18.2 Å². The maximum atomic E-state index is 12.0. The van der Waals surface area contributed by atoms with Crippen molar-refractivity contribution in [2.45, 2.75) is 17.4 Å². The Bertz CT molecular complexity index is 741. The zero-order chi connectivity index (χ0) is 15.0. The molecule has 1 N–H and O–H groups in total. The predicted octanol–water partition coefficient (Wildman–Crippen LogP) is 0.0602. The Hall–Kier alpha value is -1.52. The van der Waals surface area contributed by atoms with Crippen LogP contribution in [0, 0.1) is 10.1 Å². The first kappa shape index (κ1) is 14.9. The SMILES string of the molecule is O=[N+]([O-])c1cccc(S(=O)(=O)N[C@@H]2CCS(=O)(=O)C2)c1. The van der Waals surface area contributed by atoms with Crippen LogP contribution in [0.4, 0.5) is 5.69 Å². The van der Waals surface area contributed by atoms with Crippen molar-refractivity contribution in [2.24, 2.45) is 0 Å². The molecule has 8 nitrogen and oxygen atoms in total. The average molecular weight is 320 g/mol. The Balaban J connectivity index is 2.23. The number of nitro benzene ring substituents is 1. The molecule has 10 heteroatoms. The van der Waals surface area contributed by atoms with Gasteiger partial charge in [-0.3, -0.25) is 10.1 Å². The fourth-order valence-electron chi connectivity index (χ4n) is 1.94. The summed E-state index contributed by atoms with van der Waals surface area (Å²) >= 11 is 0. The summed E-state index contributed by atoms with van der Waals surface area (Å²) in [6.07, 6.45) is 0.205. The molecular formula is C10H12N2O6S2. The van der Waals surface area contributed by atoms with Crippen molar-refractivity contribution in [2.75, 3.05) is 11.5 Å². The van der Waals surface area contributed by atoms with Crippen molar-refractivity contribution in [1.82, 2.24) is 4.72 Å². The molecule has 1 aliphatic heterocycles. The zero-order valence-corrected chi connectivity index (χ0v) is 11.9. The van der Waals surface area contributed by atoms with Crippen LogP contribution in [0.3, 0.4) is 0 Å². The second kappa shape index (κ2) is 5.11. The largest absolute Gasteiger partial charge is 0.270 e. The minimum atomic E-state index is -3.97. The Morgan fingerprint density at radius 2 is 2.05 bits per heavy atom. The molecule has 0 aliphatic carbocycles. The lowest BCUT2D eigenvalue weighted by molar-refractivity contribution is -0.385. The maximum Gasteiger partial charge on any atom is 0.270 e. The van der Waals surface area contributed by atoms with Crippen LogP contribution in [-0.2, 0) is 19.9 Å². The highest BCUT2D eigenvalue weighted by Crippen LogP contribution is 2.19. The van der Waals surface area contributed by atoms with E-state index in [4.69, 9.17) is 0 Å². The van der Waals surface area contributed by atoms with Crippen LogP contribution in [0.15, 0.2) is 29.2 Å². The lowest BCUT2D eigenvalue weighted by Gasteiger charge is -2.11. The Morgan fingerprint density at radius 3 is 2.60 bits per heavy atom. The van der Waals surface area contributed by atoms with E-state index in [2.05, 4.69) is 4.72 Å². The number of sulfonamides is 1. The van der Waals surface area contributed by atoms with Crippen molar-refractivity contribution in [3.8, 4) is 0 Å². The number of hydrogen-bond acceptors (Lipinski definition) is 6. The third kappa shape index (κ3) is 3.32. The van der Waals surface area contributed by atoms with Gasteiger partial charge in [-0.2, -0.15) is 0 Å². The highest BCUT2D eigenvalue weighted by atomic mass is 32.2. The van der Waals surface area contributed by atoms with Crippen LogP contribution in [-0.4, -0.2) is 39.3 Å². The van der Waals surface area contributed by atoms with Gasteiger partial charge in [-0.05, 0) is 12.5 Å². The fraction of sp³-hybridized carbons (Fsp3) is 0.400. The van der Waals surface area contributed by atoms with E-state index in [0.29, 0.717) is 0 Å². The number of nitrogens with one attached hydrogen (secondary N) is 1. The van der Waals surface area contributed by atoms with E-state index in [1.54, 1.807) is 0 Å². The number of benzene rings is 1. The fourth-order valence-corrected chi connectivity index (χ4v) is 5.03. The van der Waals surface area contributed by atoms with Gasteiger partial charge >= 0.3 is 0 Å². The molecule has 0 spiro atoms. The second-order valence-corrected chi connectivity index (χ2v) is 8.42. The van der Waals surface area contributed by atoms with Crippen LogP contribution in [0.2, 0.25) is 0 Å². The first-order valence-electron chi connectivity index (χ1n) is 5.67. The van der Waals surface area contributed by atoms with Crippen LogP contribution in [0.5, 0.6) is 0 Å². The molecule has 0 bridgehead atoms. The van der Waals surface area contributed by atoms with Gasteiger partial charge in [0.05, 0.1) is 21.3 Å². The molecule has 110 valence electrons. The summed E-state index contributed by atoms with van der Waals surface area (Å²) in [6.45, 7) is 0. The van der Waals surface area contributed by atoms with Crippen molar-refractivity contribution in [3.05, 3.63) is 34.4 Å². The minimum Gasteiger partial charge on any atom is -0.258 e. The molecule has 2 rings (SSSR count). The third-order valence-corrected chi connectivity index (χ3v) is 6.18. The molecule has 0 unspecified atom stereocenters. The number of sulfone groups is 1. The van der Waals surface area contributed by atoms with Crippen molar-refractivity contribution in [3.63, 3.8) is 0 Å². The van der Waals surface area contributed by atoms with E-state index >= 15 is 0 Å². The second-order valence-electron chi connectivity index (χ2n) is 4.48. The summed E-state index contributed by atoms with van der Waals surface area (Å²) in [5.74, 6) is -0.309. The Kier molecular flexibility index (Phi) is 3.80. The third-order valence-electron chi connectivity index (χ3n) is 2.89. The summed E-state index contributed by atoms with van der Waals surface area (Å²) < 4.78 is 48.9. The number of rotatable bonds is 4. The predicted molar refractivity (Wildman–Crippen MR) is 70.5 cm³/mol. The maximum absolute atomic E-state index is 12.0. The standard InChI is InChI=1S/C10H12N2O6S2/c13-12(14)9-2-1-3-10(6-9)20(17,18)11-8-4-5-19(15,16)7-8/h1-3,6,8,11H,4-5,7H2/t8-/m1/s1. The Labute approximate surface area is 115 Å². The van der Waals surface area contributed by atoms with Crippen LogP contribution < -0.4 is 4.72 Å². The Morgan fingerprint density at radius 1 is 1.35 bits per heavy atom. The van der Waals surface area contributed by atoms with Gasteiger partial charge in [0.1, 0.15) is 0 Å². The van der Waals surface area contributed by atoms with Crippen LogP contribution in [0.25, 0.3) is 0 Å². The first-order valence-corrected chi connectivity index (χ1v) is 8.97. The normalized spacial score (nSPS) is 21.7. The average Bonchev–Trinajstić information content (AvgIpc) is 2.68. The van der Waals surface area contributed by atoms with Gasteiger partial charge in [0.2, 0.25) is 10.0 Å². The van der Waals surface area contributed by atoms with Gasteiger partial charge in [0.15, 0.2) is 9.84 Å². The quantitative estimate of drug-likeness (QED) is 0.618. The van der Waals surface area contributed by atoms with Gasteiger partial charge in [-0.15, -0.1) is 0 Å². The first-order chi connectivity index (χ1) is 9.20. The van der Waals surface area contributed by atoms with Crippen LogP contribution >= 0.6 is 0 Å². The summed E-state index contributed by atoms with van der Waals surface area (Å²) in [6, 6.07) is 3.91. The highest BCUT2D eigenvalue weighted by Gasteiger charge is 2.31. The summed E-state index contributed by atoms with van der Waals surface area (Å²) in [5.41, 5.74) is -0.341. The van der Waals surface area contributed by atoms with E-state index in [0.717, 1.165) is 6.07 Å². The minimum absolute atomic E-state index is 0.0604. The van der Waals surface area contributed by atoms with Gasteiger partial charge in [0.25, 0.3) is 5.69 Å². The number of hydrogen-bond donors (Lipinski definition) is 1. The monoisotopic (exact) mass is 320 g/mol. The molecule has 1 aromatic rings. The number of non-ortho nitro benzene ring substituents is 1. The summed E-state index contributed by atoms with van der Waals surface area (Å²) in [7, 11) is -7.18. The lowest BCUT2D eigenvalue weighted by atomic mass is 10.3. The molecular weight excluding hydrogens is 308 g/mol. The smallest absolute Gasteiger partial charge is 0.258 e. The van der Waals surface area contributed by atoms with Crippen LogP contribution in [0.1, 0.15) is 6.42 Å². The molecule has 1 atom stereocenters. The molecule has 0 radical (unpaired) electrons. The van der Waals surface area contributed by atoms with E-state index in [1.807, 2.05) is 0 Å². The molecule has 1 aromatic carbocycles. The molecule has 0 amide bonds. The topological polar surface area (TPSA) is 123 Å². The number of nitrogens with zero attached hydrogens (tertiary/aromatic N) is 1. The molecule has 20 heavy (non-hydrogen) atoms. The summed E-state index contributed by atoms with van der Waals surface area (Å²) in [4.78, 5) is 9.67. The molecule has 1 heterocycles. The van der Waals surface area contributed by atoms with Gasteiger partial charge in [-0.1, -0.05) is 6.07 Å². The molecule has 0 aromatic heterocycles.